The lowest BCUT2D eigenvalue weighted by Gasteiger charge is -2.22. The van der Waals surface area contributed by atoms with Gasteiger partial charge in [0, 0.05) is 32.4 Å². The van der Waals surface area contributed by atoms with E-state index in [1.165, 1.54) is 6.07 Å². The molecule has 124 valence electrons. The quantitative estimate of drug-likeness (QED) is 0.913. The fourth-order valence-corrected chi connectivity index (χ4v) is 2.80. The molecule has 6 nitrogen and oxygen atoms in total. The molecule has 0 unspecified atom stereocenters. The molecule has 1 fully saturated rings. The minimum Gasteiger partial charge on any atom is -0.507 e. The van der Waals surface area contributed by atoms with Gasteiger partial charge < -0.3 is 14.9 Å². The van der Waals surface area contributed by atoms with Crippen LogP contribution >= 0.6 is 0 Å². The van der Waals surface area contributed by atoms with Gasteiger partial charge in [0.15, 0.2) is 0 Å². The lowest BCUT2D eigenvalue weighted by Crippen LogP contribution is -2.37. The van der Waals surface area contributed by atoms with E-state index in [9.17, 15) is 14.7 Å². The van der Waals surface area contributed by atoms with E-state index in [0.717, 1.165) is 0 Å². The maximum absolute atomic E-state index is 12.6. The van der Waals surface area contributed by atoms with E-state index in [1.54, 1.807) is 52.4 Å². The number of phenols is 1. The zero-order chi connectivity index (χ0) is 16.9. The third-order valence-electron chi connectivity index (χ3n) is 4.09. The van der Waals surface area contributed by atoms with Crippen molar-refractivity contribution in [3.8, 4) is 5.75 Å². The number of aromatic hydroxyl groups is 1. The maximum atomic E-state index is 12.6. The molecule has 0 aliphatic carbocycles. The molecular formula is C18H19N3O3. The summed E-state index contributed by atoms with van der Waals surface area (Å²) in [5.74, 6) is -0.346. The number of para-hydroxylation sites is 1. The normalized spacial score (nSPS) is 15.0. The Morgan fingerprint density at radius 3 is 2.21 bits per heavy atom. The zero-order valence-corrected chi connectivity index (χ0v) is 13.3. The number of nitrogens with zero attached hydrogens (tertiary/aromatic N) is 3. The second-order valence-corrected chi connectivity index (χ2v) is 5.67. The number of carbonyl (C=O) groups excluding carboxylic acids is 2. The predicted octanol–water partition coefficient (Wildman–Crippen LogP) is 1.78. The zero-order valence-electron chi connectivity index (χ0n) is 13.3. The number of aromatic nitrogens is 1. The monoisotopic (exact) mass is 325 g/mol. The van der Waals surface area contributed by atoms with Gasteiger partial charge in [0.05, 0.1) is 5.56 Å². The summed E-state index contributed by atoms with van der Waals surface area (Å²) in [6, 6.07) is 11.8. The van der Waals surface area contributed by atoms with Crippen LogP contribution in [-0.4, -0.2) is 57.9 Å². The number of pyridine rings is 1. The molecule has 2 aromatic rings. The van der Waals surface area contributed by atoms with E-state index >= 15 is 0 Å². The van der Waals surface area contributed by atoms with Crippen molar-refractivity contribution in [3.63, 3.8) is 0 Å². The van der Waals surface area contributed by atoms with Gasteiger partial charge in [-0.25, -0.2) is 0 Å². The van der Waals surface area contributed by atoms with Crippen molar-refractivity contribution in [2.45, 2.75) is 6.42 Å². The Balaban J connectivity index is 1.68. The highest BCUT2D eigenvalue weighted by Gasteiger charge is 2.25. The molecule has 1 aromatic carbocycles. The first kappa shape index (κ1) is 16.0. The summed E-state index contributed by atoms with van der Waals surface area (Å²) in [6.45, 7) is 2.03. The lowest BCUT2D eigenvalue weighted by molar-refractivity contribution is 0.0714. The van der Waals surface area contributed by atoms with Gasteiger partial charge in [-0.3, -0.25) is 14.6 Å². The van der Waals surface area contributed by atoms with Crippen LogP contribution in [0, 0.1) is 0 Å². The van der Waals surface area contributed by atoms with Gasteiger partial charge >= 0.3 is 0 Å². The fraction of sp³-hybridized carbons (Fsp3) is 0.278. The molecule has 1 aliphatic heterocycles. The Hall–Kier alpha value is -2.89. The molecule has 0 spiro atoms. The minimum atomic E-state index is -0.208. The first-order chi connectivity index (χ1) is 11.7. The highest BCUT2D eigenvalue weighted by molar-refractivity contribution is 5.97. The first-order valence-corrected chi connectivity index (χ1v) is 7.94. The van der Waals surface area contributed by atoms with Crippen molar-refractivity contribution in [2.75, 3.05) is 26.2 Å². The van der Waals surface area contributed by atoms with E-state index in [1.807, 2.05) is 0 Å². The average molecular weight is 325 g/mol. The molecule has 0 atom stereocenters. The Morgan fingerprint density at radius 1 is 0.875 bits per heavy atom. The molecule has 1 N–H and O–H groups in total. The Kier molecular flexibility index (Phi) is 4.74. The number of benzene rings is 1. The van der Waals surface area contributed by atoms with Gasteiger partial charge in [-0.1, -0.05) is 18.2 Å². The van der Waals surface area contributed by atoms with E-state index in [4.69, 9.17) is 0 Å². The molecule has 1 aliphatic rings. The first-order valence-electron chi connectivity index (χ1n) is 7.94. The standard InChI is InChI=1S/C18H19N3O3/c22-16-8-2-1-6-14(16)17(23)20-10-5-11-21(13-12-20)18(24)15-7-3-4-9-19-15/h1-4,6-9,22H,5,10-13H2. The third kappa shape index (κ3) is 3.37. The van der Waals surface area contributed by atoms with Crippen LogP contribution in [0.4, 0.5) is 0 Å². The van der Waals surface area contributed by atoms with E-state index in [0.29, 0.717) is 43.9 Å². The molecule has 2 amide bonds. The number of amides is 2. The Bertz CT molecular complexity index is 733. The van der Waals surface area contributed by atoms with Crippen molar-refractivity contribution in [1.29, 1.82) is 0 Å². The second kappa shape index (κ2) is 7.12. The van der Waals surface area contributed by atoms with Gasteiger partial charge in [0.2, 0.25) is 0 Å². The summed E-state index contributed by atoms with van der Waals surface area (Å²) >= 11 is 0. The molecule has 1 saturated heterocycles. The van der Waals surface area contributed by atoms with Crippen LogP contribution in [0.25, 0.3) is 0 Å². The summed E-state index contributed by atoms with van der Waals surface area (Å²) in [6.07, 6.45) is 2.29. The molecule has 3 rings (SSSR count). The van der Waals surface area contributed by atoms with Gasteiger partial charge in [-0.2, -0.15) is 0 Å². The summed E-state index contributed by atoms with van der Waals surface area (Å²) in [5, 5.41) is 9.85. The summed E-state index contributed by atoms with van der Waals surface area (Å²) in [4.78, 5) is 32.5. The van der Waals surface area contributed by atoms with Gasteiger partial charge in [0.25, 0.3) is 11.8 Å². The highest BCUT2D eigenvalue weighted by Crippen LogP contribution is 2.19. The summed E-state index contributed by atoms with van der Waals surface area (Å²) in [5.41, 5.74) is 0.708. The van der Waals surface area contributed by atoms with Crippen molar-refractivity contribution in [2.24, 2.45) is 0 Å². The Labute approximate surface area is 140 Å². The molecule has 0 bridgehead atoms. The van der Waals surface area contributed by atoms with Crippen LogP contribution in [0.1, 0.15) is 27.3 Å². The van der Waals surface area contributed by atoms with Crippen LogP contribution in [0.15, 0.2) is 48.7 Å². The van der Waals surface area contributed by atoms with E-state index in [2.05, 4.69) is 4.98 Å². The molecule has 1 aromatic heterocycles. The minimum absolute atomic E-state index is 0.0202. The Morgan fingerprint density at radius 2 is 1.54 bits per heavy atom. The van der Waals surface area contributed by atoms with Crippen LogP contribution in [0.3, 0.4) is 0 Å². The van der Waals surface area contributed by atoms with Crippen molar-refractivity contribution >= 4 is 11.8 Å². The van der Waals surface area contributed by atoms with Crippen LogP contribution in [0.5, 0.6) is 5.75 Å². The SMILES string of the molecule is O=C(c1ccccn1)N1CCCN(C(=O)c2ccccc2O)CC1. The van der Waals surface area contributed by atoms with Crippen molar-refractivity contribution in [1.82, 2.24) is 14.8 Å². The number of carbonyl (C=O) groups is 2. The fourth-order valence-electron chi connectivity index (χ4n) is 2.80. The summed E-state index contributed by atoms with van der Waals surface area (Å²) in [7, 11) is 0. The van der Waals surface area contributed by atoms with E-state index < -0.39 is 0 Å². The van der Waals surface area contributed by atoms with Crippen LogP contribution < -0.4 is 0 Å². The molecule has 0 radical (unpaired) electrons. The van der Waals surface area contributed by atoms with Gasteiger partial charge in [0.1, 0.15) is 11.4 Å². The largest absolute Gasteiger partial charge is 0.507 e. The molecular weight excluding hydrogens is 306 g/mol. The third-order valence-corrected chi connectivity index (χ3v) is 4.09. The number of phenolic OH excluding ortho intramolecular Hbond substituents is 1. The van der Waals surface area contributed by atoms with Gasteiger partial charge in [-0.15, -0.1) is 0 Å². The maximum Gasteiger partial charge on any atom is 0.272 e. The highest BCUT2D eigenvalue weighted by atomic mass is 16.3. The average Bonchev–Trinajstić information content (AvgIpc) is 2.88. The molecule has 6 heteroatoms. The topological polar surface area (TPSA) is 73.7 Å². The van der Waals surface area contributed by atoms with Crippen LogP contribution in [-0.2, 0) is 0 Å². The van der Waals surface area contributed by atoms with Crippen molar-refractivity contribution < 1.29 is 14.7 Å². The smallest absolute Gasteiger partial charge is 0.272 e. The summed E-state index contributed by atoms with van der Waals surface area (Å²) < 4.78 is 0. The van der Waals surface area contributed by atoms with Crippen LogP contribution in [0.2, 0.25) is 0 Å². The lowest BCUT2D eigenvalue weighted by atomic mass is 10.1. The second-order valence-electron chi connectivity index (χ2n) is 5.67. The molecule has 24 heavy (non-hydrogen) atoms. The van der Waals surface area contributed by atoms with Crippen molar-refractivity contribution in [3.05, 3.63) is 59.9 Å². The number of hydrogen-bond donors (Lipinski definition) is 1. The predicted molar refractivity (Wildman–Crippen MR) is 88.8 cm³/mol. The number of rotatable bonds is 2. The van der Waals surface area contributed by atoms with E-state index in [-0.39, 0.29) is 17.6 Å². The molecule has 2 heterocycles. The number of hydrogen-bond acceptors (Lipinski definition) is 4. The van der Waals surface area contributed by atoms with Gasteiger partial charge in [-0.05, 0) is 30.7 Å². The molecule has 0 saturated carbocycles.